The zero-order chi connectivity index (χ0) is 13.6. The molecule has 0 saturated heterocycles. The molecule has 2 aromatic rings. The molecule has 1 aromatic heterocycles. The van der Waals surface area contributed by atoms with Gasteiger partial charge < -0.3 is 0 Å². The highest BCUT2D eigenvalue weighted by atomic mass is 32.1. The van der Waals surface area contributed by atoms with E-state index in [1.54, 1.807) is 11.3 Å². The van der Waals surface area contributed by atoms with E-state index in [0.717, 1.165) is 25.4 Å². The van der Waals surface area contributed by atoms with Gasteiger partial charge in [0, 0.05) is 25.7 Å². The van der Waals surface area contributed by atoms with Crippen LogP contribution < -0.4 is 5.43 Å². The van der Waals surface area contributed by atoms with Gasteiger partial charge in [-0.2, -0.15) is 0 Å². The third-order valence-corrected chi connectivity index (χ3v) is 5.16. The maximum atomic E-state index is 12.6. The first-order valence-corrected chi connectivity index (χ1v) is 7.60. The van der Waals surface area contributed by atoms with Gasteiger partial charge in [0.25, 0.3) is 0 Å². The van der Waals surface area contributed by atoms with Gasteiger partial charge in [-0.05, 0) is 24.1 Å². The fraction of sp³-hybridized carbons (Fsp3) is 0.250. The molecule has 1 aliphatic rings. The minimum Gasteiger partial charge on any atom is -0.288 e. The minimum absolute atomic E-state index is 0.0874. The third kappa shape index (κ3) is 1.97. The lowest BCUT2D eigenvalue weighted by Crippen LogP contribution is -2.26. The molecule has 1 aliphatic carbocycles. The highest BCUT2D eigenvalue weighted by molar-refractivity contribution is 7.81. The molecule has 1 heterocycles. The molecule has 1 unspecified atom stereocenters. The zero-order valence-electron chi connectivity index (χ0n) is 10.8. The third-order valence-electron chi connectivity index (χ3n) is 3.55. The molecule has 0 radical (unpaired) electrons. The Morgan fingerprint density at radius 1 is 1.26 bits per heavy atom. The Morgan fingerprint density at radius 3 is 2.74 bits per heavy atom. The van der Waals surface area contributed by atoms with Crippen molar-refractivity contribution in [3.05, 3.63) is 51.0 Å². The SMILES string of the molecule is CC(C)C1C=Cc2sc3ccccc3c(=O)c2C1=S. The Hall–Kier alpha value is -1.32. The van der Waals surface area contributed by atoms with Crippen molar-refractivity contribution in [3.8, 4) is 0 Å². The zero-order valence-corrected chi connectivity index (χ0v) is 12.5. The van der Waals surface area contributed by atoms with Gasteiger partial charge in [0.15, 0.2) is 5.43 Å². The molecule has 0 bridgehead atoms. The molecule has 19 heavy (non-hydrogen) atoms. The van der Waals surface area contributed by atoms with Crippen LogP contribution in [-0.4, -0.2) is 4.86 Å². The van der Waals surface area contributed by atoms with Crippen LogP contribution in [0.5, 0.6) is 0 Å². The van der Waals surface area contributed by atoms with Gasteiger partial charge in [-0.25, -0.2) is 0 Å². The Bertz CT molecular complexity index is 753. The van der Waals surface area contributed by atoms with Crippen molar-refractivity contribution in [2.75, 3.05) is 0 Å². The number of fused-ring (bicyclic) bond motifs is 2. The molecule has 0 amide bonds. The topological polar surface area (TPSA) is 17.1 Å². The lowest BCUT2D eigenvalue weighted by molar-refractivity contribution is 0.582. The molecular formula is C16H14OS2. The maximum Gasteiger partial charge on any atom is 0.197 e. The number of rotatable bonds is 1. The van der Waals surface area contributed by atoms with Crippen molar-refractivity contribution in [2.24, 2.45) is 11.8 Å². The highest BCUT2D eigenvalue weighted by Gasteiger charge is 2.26. The molecule has 0 aliphatic heterocycles. The van der Waals surface area contributed by atoms with Crippen LogP contribution >= 0.6 is 23.6 Å². The predicted octanol–water partition coefficient (Wildman–Crippen LogP) is 4.28. The molecule has 0 N–H and O–H groups in total. The van der Waals surface area contributed by atoms with Crippen LogP contribution in [0.2, 0.25) is 0 Å². The first kappa shape index (κ1) is 12.7. The van der Waals surface area contributed by atoms with Gasteiger partial charge in [0.1, 0.15) is 0 Å². The molecule has 3 heteroatoms. The quantitative estimate of drug-likeness (QED) is 0.728. The number of thiocarbonyl (C=S) groups is 1. The van der Waals surface area contributed by atoms with E-state index < -0.39 is 0 Å². The number of allylic oxidation sites excluding steroid dienone is 1. The average Bonchev–Trinajstić information content (AvgIpc) is 2.38. The van der Waals surface area contributed by atoms with E-state index in [1.165, 1.54) is 0 Å². The van der Waals surface area contributed by atoms with Crippen molar-refractivity contribution in [3.63, 3.8) is 0 Å². The molecule has 1 atom stereocenters. The van der Waals surface area contributed by atoms with Crippen LogP contribution in [0.25, 0.3) is 16.2 Å². The summed E-state index contributed by atoms with van der Waals surface area (Å²) in [4.78, 5) is 14.4. The van der Waals surface area contributed by atoms with Gasteiger partial charge in [0.2, 0.25) is 0 Å². The maximum absolute atomic E-state index is 12.6. The van der Waals surface area contributed by atoms with Crippen molar-refractivity contribution >= 4 is 44.6 Å². The monoisotopic (exact) mass is 286 g/mol. The van der Waals surface area contributed by atoms with Gasteiger partial charge in [-0.1, -0.05) is 44.3 Å². The molecule has 3 rings (SSSR count). The Balaban J connectivity index is 2.32. The fourth-order valence-corrected chi connectivity index (χ4v) is 4.20. The Labute approximate surface area is 121 Å². The first-order valence-electron chi connectivity index (χ1n) is 6.38. The van der Waals surface area contributed by atoms with Crippen molar-refractivity contribution in [1.29, 1.82) is 0 Å². The van der Waals surface area contributed by atoms with E-state index in [9.17, 15) is 4.79 Å². The molecular weight excluding hydrogens is 272 g/mol. The summed E-state index contributed by atoms with van der Waals surface area (Å²) in [5.41, 5.74) is 0.837. The normalized spacial score (nSPS) is 18.1. The Morgan fingerprint density at radius 2 is 2.00 bits per heavy atom. The molecule has 96 valence electrons. The second-order valence-corrected chi connectivity index (χ2v) is 6.68. The largest absolute Gasteiger partial charge is 0.288 e. The standard InChI is InChI=1S/C16H14OS2/c1-9(2)10-7-8-13-14(16(10)18)15(17)11-5-3-4-6-12(11)19-13/h3-10H,1-2H3. The second kappa shape index (κ2) is 4.66. The highest BCUT2D eigenvalue weighted by Crippen LogP contribution is 2.31. The lowest BCUT2D eigenvalue weighted by atomic mass is 9.85. The van der Waals surface area contributed by atoms with Crippen LogP contribution in [0.4, 0.5) is 0 Å². The molecule has 1 aromatic carbocycles. The average molecular weight is 286 g/mol. The van der Waals surface area contributed by atoms with Crippen LogP contribution in [0, 0.1) is 11.8 Å². The van der Waals surface area contributed by atoms with Crippen molar-refractivity contribution in [1.82, 2.24) is 0 Å². The summed E-state index contributed by atoms with van der Waals surface area (Å²) in [6.07, 6.45) is 4.20. The smallest absolute Gasteiger partial charge is 0.197 e. The van der Waals surface area contributed by atoms with Crippen molar-refractivity contribution < 1.29 is 0 Å². The summed E-state index contributed by atoms with van der Waals surface area (Å²) in [6, 6.07) is 7.75. The van der Waals surface area contributed by atoms with Gasteiger partial charge in [-0.15, -0.1) is 11.3 Å². The molecule has 0 fully saturated rings. The van der Waals surface area contributed by atoms with Crippen molar-refractivity contribution in [2.45, 2.75) is 13.8 Å². The first-order chi connectivity index (χ1) is 9.09. The van der Waals surface area contributed by atoms with Crippen LogP contribution in [0.3, 0.4) is 0 Å². The number of benzene rings is 1. The van der Waals surface area contributed by atoms with E-state index in [-0.39, 0.29) is 11.3 Å². The lowest BCUT2D eigenvalue weighted by Gasteiger charge is -2.23. The number of hydrogen-bond donors (Lipinski definition) is 0. The van der Waals surface area contributed by atoms with Gasteiger partial charge in [-0.3, -0.25) is 4.79 Å². The Kier molecular flexibility index (Phi) is 3.11. The van der Waals surface area contributed by atoms with E-state index in [4.69, 9.17) is 12.2 Å². The van der Waals surface area contributed by atoms with Crippen LogP contribution in [0.1, 0.15) is 24.3 Å². The summed E-state index contributed by atoms with van der Waals surface area (Å²) in [5.74, 6) is 0.622. The van der Waals surface area contributed by atoms with E-state index in [2.05, 4.69) is 26.0 Å². The van der Waals surface area contributed by atoms with Crippen LogP contribution in [0.15, 0.2) is 35.1 Å². The molecule has 0 saturated carbocycles. The summed E-state index contributed by atoms with van der Waals surface area (Å²) < 4.78 is 1.03. The molecule has 1 nitrogen and oxygen atoms in total. The fourth-order valence-electron chi connectivity index (χ4n) is 2.48. The summed E-state index contributed by atoms with van der Waals surface area (Å²) >= 11 is 7.21. The predicted molar refractivity (Wildman–Crippen MR) is 87.2 cm³/mol. The second-order valence-electron chi connectivity index (χ2n) is 5.16. The minimum atomic E-state index is 0.0874. The van der Waals surface area contributed by atoms with Crippen LogP contribution in [-0.2, 0) is 0 Å². The summed E-state index contributed by atoms with van der Waals surface area (Å²) in [7, 11) is 0. The summed E-state index contributed by atoms with van der Waals surface area (Å²) in [5, 5.41) is 0.784. The van der Waals surface area contributed by atoms with E-state index in [0.29, 0.717) is 5.92 Å². The number of hydrogen-bond acceptors (Lipinski definition) is 3. The van der Waals surface area contributed by atoms with Gasteiger partial charge in [0.05, 0.1) is 5.56 Å². The van der Waals surface area contributed by atoms with E-state index >= 15 is 0 Å². The molecule has 0 spiro atoms. The summed E-state index contributed by atoms with van der Waals surface area (Å²) in [6.45, 7) is 4.28. The van der Waals surface area contributed by atoms with E-state index in [1.807, 2.05) is 24.3 Å². The van der Waals surface area contributed by atoms with Gasteiger partial charge >= 0.3 is 0 Å².